The maximum Gasteiger partial charge on any atom is 0.321 e. The molecule has 0 radical (unpaired) electrons. The molecule has 0 aliphatic heterocycles. The summed E-state index contributed by atoms with van der Waals surface area (Å²) < 4.78 is 4.10. The number of thioether (sulfide) groups is 1. The third-order valence-electron chi connectivity index (χ3n) is 3.00. The standard InChI is InChI=1S/C11H18N4OS2/c1-17-11-14-10(18-15-11)13-9(16)12-8-6-4-2-3-5-7-8/h8H,2-7H2,1H3,(H2,12,13,14,15,16). The number of hydrogen-bond donors (Lipinski definition) is 2. The van der Waals surface area contributed by atoms with Gasteiger partial charge in [-0.25, -0.2) is 4.79 Å². The molecule has 0 bridgehead atoms. The van der Waals surface area contributed by atoms with Gasteiger partial charge >= 0.3 is 6.03 Å². The number of carbonyl (C=O) groups is 1. The lowest BCUT2D eigenvalue weighted by Gasteiger charge is -2.15. The van der Waals surface area contributed by atoms with E-state index in [1.165, 1.54) is 49.0 Å². The summed E-state index contributed by atoms with van der Waals surface area (Å²) in [6.07, 6.45) is 9.07. The van der Waals surface area contributed by atoms with Gasteiger partial charge in [-0.3, -0.25) is 5.32 Å². The first-order chi connectivity index (χ1) is 8.78. The number of nitrogens with one attached hydrogen (secondary N) is 2. The van der Waals surface area contributed by atoms with Gasteiger partial charge < -0.3 is 5.32 Å². The van der Waals surface area contributed by atoms with Gasteiger partial charge in [-0.15, -0.1) is 0 Å². The lowest BCUT2D eigenvalue weighted by molar-refractivity contribution is 0.247. The van der Waals surface area contributed by atoms with Gasteiger partial charge in [0.15, 0.2) is 0 Å². The highest BCUT2D eigenvalue weighted by Crippen LogP contribution is 2.19. The smallest absolute Gasteiger partial charge is 0.321 e. The molecule has 0 saturated heterocycles. The Morgan fingerprint density at radius 2 is 2.06 bits per heavy atom. The molecule has 1 aliphatic rings. The minimum Gasteiger partial charge on any atom is -0.335 e. The third kappa shape index (κ3) is 4.13. The first kappa shape index (κ1) is 13.6. The van der Waals surface area contributed by atoms with Crippen LogP contribution in [0.1, 0.15) is 38.5 Å². The predicted molar refractivity (Wildman–Crippen MR) is 75.3 cm³/mol. The molecule has 100 valence electrons. The number of anilines is 1. The summed E-state index contributed by atoms with van der Waals surface area (Å²) in [6, 6.07) is 0.145. The second-order valence-corrected chi connectivity index (χ2v) is 5.90. The van der Waals surface area contributed by atoms with E-state index in [1.54, 1.807) is 0 Å². The summed E-state index contributed by atoms with van der Waals surface area (Å²) in [5.41, 5.74) is 0. The molecular weight excluding hydrogens is 268 g/mol. The fourth-order valence-corrected chi connectivity index (χ4v) is 3.21. The van der Waals surface area contributed by atoms with Crippen molar-refractivity contribution in [2.75, 3.05) is 11.6 Å². The van der Waals surface area contributed by atoms with Crippen molar-refractivity contribution < 1.29 is 4.79 Å². The zero-order chi connectivity index (χ0) is 12.8. The Bertz CT molecular complexity index is 388. The molecule has 5 nitrogen and oxygen atoms in total. The average Bonchev–Trinajstić information content (AvgIpc) is 2.65. The second-order valence-electron chi connectivity index (χ2n) is 4.37. The van der Waals surface area contributed by atoms with E-state index >= 15 is 0 Å². The van der Waals surface area contributed by atoms with Crippen molar-refractivity contribution in [3.05, 3.63) is 0 Å². The number of amides is 2. The van der Waals surface area contributed by atoms with Crippen molar-refractivity contribution in [2.24, 2.45) is 0 Å². The second kappa shape index (κ2) is 6.94. The first-order valence-corrected chi connectivity index (χ1v) is 8.23. The van der Waals surface area contributed by atoms with E-state index in [2.05, 4.69) is 20.0 Å². The van der Waals surface area contributed by atoms with E-state index in [-0.39, 0.29) is 6.03 Å². The molecule has 1 aromatic heterocycles. The van der Waals surface area contributed by atoms with Crippen LogP contribution in [0.25, 0.3) is 0 Å². The van der Waals surface area contributed by atoms with Crippen LogP contribution in [0.3, 0.4) is 0 Å². The molecule has 0 unspecified atom stereocenters. The van der Waals surface area contributed by atoms with Gasteiger partial charge in [0.1, 0.15) is 0 Å². The van der Waals surface area contributed by atoms with Crippen LogP contribution in [0.4, 0.5) is 9.93 Å². The van der Waals surface area contributed by atoms with Crippen LogP contribution < -0.4 is 10.6 Å². The van der Waals surface area contributed by atoms with Crippen molar-refractivity contribution >= 4 is 34.5 Å². The van der Waals surface area contributed by atoms with Gasteiger partial charge in [0.05, 0.1) is 0 Å². The van der Waals surface area contributed by atoms with Crippen LogP contribution in [-0.4, -0.2) is 27.7 Å². The molecule has 2 amide bonds. The van der Waals surface area contributed by atoms with Crippen LogP contribution in [0.15, 0.2) is 5.16 Å². The molecule has 1 fully saturated rings. The van der Waals surface area contributed by atoms with Crippen LogP contribution in [0.2, 0.25) is 0 Å². The molecule has 18 heavy (non-hydrogen) atoms. The number of nitrogens with zero attached hydrogens (tertiary/aromatic N) is 2. The normalized spacial score (nSPS) is 17.2. The molecule has 2 N–H and O–H groups in total. The third-order valence-corrected chi connectivity index (χ3v) is 4.29. The molecule has 0 aromatic carbocycles. The number of aromatic nitrogens is 2. The molecule has 1 aliphatic carbocycles. The largest absolute Gasteiger partial charge is 0.335 e. The SMILES string of the molecule is CSc1nsc(NC(=O)NC2CCCCCC2)n1. The van der Waals surface area contributed by atoms with Crippen molar-refractivity contribution in [1.82, 2.24) is 14.7 Å². The van der Waals surface area contributed by atoms with E-state index in [0.29, 0.717) is 16.3 Å². The summed E-state index contributed by atoms with van der Waals surface area (Å²) in [7, 11) is 0. The molecule has 2 rings (SSSR count). The maximum absolute atomic E-state index is 11.8. The quantitative estimate of drug-likeness (QED) is 0.662. The van der Waals surface area contributed by atoms with Gasteiger partial charge in [0, 0.05) is 17.6 Å². The highest BCUT2D eigenvalue weighted by Gasteiger charge is 2.15. The molecule has 1 saturated carbocycles. The zero-order valence-electron chi connectivity index (χ0n) is 10.4. The summed E-state index contributed by atoms with van der Waals surface area (Å²) in [6.45, 7) is 0. The summed E-state index contributed by atoms with van der Waals surface area (Å²) >= 11 is 2.69. The van der Waals surface area contributed by atoms with E-state index < -0.39 is 0 Å². The average molecular weight is 286 g/mol. The zero-order valence-corrected chi connectivity index (χ0v) is 12.1. The summed E-state index contributed by atoms with van der Waals surface area (Å²) in [4.78, 5) is 16.0. The fraction of sp³-hybridized carbons (Fsp3) is 0.727. The monoisotopic (exact) mass is 286 g/mol. The van der Waals surface area contributed by atoms with Gasteiger partial charge in [0.25, 0.3) is 0 Å². The van der Waals surface area contributed by atoms with E-state index in [9.17, 15) is 4.79 Å². The predicted octanol–water partition coefficient (Wildman–Crippen LogP) is 3.10. The number of urea groups is 1. The van der Waals surface area contributed by atoms with Crippen molar-refractivity contribution in [2.45, 2.75) is 49.7 Å². The Labute approximate surface area is 115 Å². The van der Waals surface area contributed by atoms with Crippen molar-refractivity contribution in [1.29, 1.82) is 0 Å². The maximum atomic E-state index is 11.8. The Morgan fingerprint density at radius 1 is 1.33 bits per heavy atom. The Balaban J connectivity index is 1.80. The Kier molecular flexibility index (Phi) is 5.25. The van der Waals surface area contributed by atoms with Crippen LogP contribution in [-0.2, 0) is 0 Å². The highest BCUT2D eigenvalue weighted by atomic mass is 32.2. The molecule has 0 atom stereocenters. The van der Waals surface area contributed by atoms with Crippen LogP contribution in [0, 0.1) is 0 Å². The Morgan fingerprint density at radius 3 is 2.67 bits per heavy atom. The van der Waals surface area contributed by atoms with E-state index in [4.69, 9.17) is 0 Å². The first-order valence-electron chi connectivity index (χ1n) is 6.23. The molecule has 0 spiro atoms. The van der Waals surface area contributed by atoms with Gasteiger partial charge in [-0.05, 0) is 19.1 Å². The fourth-order valence-electron chi connectivity index (χ4n) is 2.09. The van der Waals surface area contributed by atoms with Gasteiger partial charge in [0.2, 0.25) is 10.3 Å². The number of hydrogen-bond acceptors (Lipinski definition) is 5. The molecule has 7 heteroatoms. The topological polar surface area (TPSA) is 66.9 Å². The Hall–Kier alpha value is -0.820. The molecule has 1 aromatic rings. The number of rotatable bonds is 3. The van der Waals surface area contributed by atoms with Crippen LogP contribution >= 0.6 is 23.3 Å². The molecule has 1 heterocycles. The van der Waals surface area contributed by atoms with E-state index in [1.807, 2.05) is 6.26 Å². The number of carbonyl (C=O) groups excluding carboxylic acids is 1. The minimum absolute atomic E-state index is 0.161. The lowest BCUT2D eigenvalue weighted by Crippen LogP contribution is -2.37. The van der Waals surface area contributed by atoms with Gasteiger partial charge in [-0.2, -0.15) is 9.36 Å². The summed E-state index contributed by atoms with van der Waals surface area (Å²) in [5.74, 6) is 0. The lowest BCUT2D eigenvalue weighted by atomic mass is 10.1. The van der Waals surface area contributed by atoms with Gasteiger partial charge in [-0.1, -0.05) is 37.4 Å². The van der Waals surface area contributed by atoms with E-state index in [0.717, 1.165) is 12.8 Å². The minimum atomic E-state index is -0.161. The van der Waals surface area contributed by atoms with Crippen molar-refractivity contribution in [3.8, 4) is 0 Å². The summed E-state index contributed by atoms with van der Waals surface area (Å²) in [5, 5.41) is 7.02. The molecular formula is C11H18N4OS2. The van der Waals surface area contributed by atoms with Crippen molar-refractivity contribution in [3.63, 3.8) is 0 Å². The highest BCUT2D eigenvalue weighted by molar-refractivity contribution is 7.98. The van der Waals surface area contributed by atoms with Crippen LogP contribution in [0.5, 0.6) is 0 Å².